The molecule has 3 nitrogen and oxygen atoms in total. The van der Waals surface area contributed by atoms with Gasteiger partial charge in [-0.05, 0) is 44.6 Å². The molecule has 1 saturated heterocycles. The van der Waals surface area contributed by atoms with E-state index >= 15 is 0 Å². The number of hydrogen-bond donors (Lipinski definition) is 1. The summed E-state index contributed by atoms with van der Waals surface area (Å²) in [6.07, 6.45) is 12.3. The summed E-state index contributed by atoms with van der Waals surface area (Å²) in [5, 5.41) is 3.47. The Hall–Kier alpha value is -0.830. The predicted octanol–water partition coefficient (Wildman–Crippen LogP) is 3.10. The molecular formula is C15H25N3. The van der Waals surface area contributed by atoms with Crippen molar-refractivity contribution in [3.05, 3.63) is 18.2 Å². The van der Waals surface area contributed by atoms with E-state index < -0.39 is 0 Å². The molecule has 1 saturated carbocycles. The van der Waals surface area contributed by atoms with E-state index in [4.69, 9.17) is 0 Å². The van der Waals surface area contributed by atoms with Gasteiger partial charge in [0.1, 0.15) is 0 Å². The van der Waals surface area contributed by atoms with E-state index in [2.05, 4.69) is 34.3 Å². The van der Waals surface area contributed by atoms with Crippen LogP contribution in [-0.2, 0) is 0 Å². The maximum absolute atomic E-state index is 4.42. The first kappa shape index (κ1) is 12.2. The van der Waals surface area contributed by atoms with Gasteiger partial charge in [0.15, 0.2) is 0 Å². The third-order valence-corrected chi connectivity index (χ3v) is 4.96. The fourth-order valence-electron chi connectivity index (χ4n) is 3.67. The van der Waals surface area contributed by atoms with Crippen molar-refractivity contribution < 1.29 is 0 Å². The standard InChI is InChI=1S/C15H25N3/c1-2-12-3-5-14(6-4-12)18-11-17-10-15(18)13-7-8-16-9-13/h10-14,16H,2-9H2,1H3. The quantitative estimate of drug-likeness (QED) is 0.889. The second-order valence-electron chi connectivity index (χ2n) is 6.00. The lowest BCUT2D eigenvalue weighted by atomic mass is 9.84. The highest BCUT2D eigenvalue weighted by Crippen LogP contribution is 2.36. The van der Waals surface area contributed by atoms with Gasteiger partial charge in [0, 0.05) is 30.4 Å². The third kappa shape index (κ3) is 2.33. The molecular weight excluding hydrogens is 222 g/mol. The molecule has 0 aromatic carbocycles. The minimum absolute atomic E-state index is 0.691. The minimum Gasteiger partial charge on any atom is -0.331 e. The number of aromatic nitrogens is 2. The highest BCUT2D eigenvalue weighted by Gasteiger charge is 2.26. The van der Waals surface area contributed by atoms with Crippen LogP contribution < -0.4 is 5.32 Å². The maximum Gasteiger partial charge on any atom is 0.0950 e. The molecule has 1 atom stereocenters. The van der Waals surface area contributed by atoms with Gasteiger partial charge in [0.2, 0.25) is 0 Å². The SMILES string of the molecule is CCC1CCC(n2cncc2C2CCNC2)CC1. The van der Waals surface area contributed by atoms with Crippen LogP contribution in [0.3, 0.4) is 0 Å². The highest BCUT2D eigenvalue weighted by molar-refractivity contribution is 5.10. The molecule has 2 heterocycles. The van der Waals surface area contributed by atoms with E-state index in [0.29, 0.717) is 12.0 Å². The number of nitrogens with zero attached hydrogens (tertiary/aromatic N) is 2. The molecule has 0 amide bonds. The fraction of sp³-hybridized carbons (Fsp3) is 0.800. The molecule has 1 aliphatic heterocycles. The normalized spacial score (nSPS) is 32.8. The van der Waals surface area contributed by atoms with Gasteiger partial charge < -0.3 is 9.88 Å². The smallest absolute Gasteiger partial charge is 0.0950 e. The molecule has 18 heavy (non-hydrogen) atoms. The first-order chi connectivity index (χ1) is 8.88. The van der Waals surface area contributed by atoms with Crippen molar-refractivity contribution >= 4 is 0 Å². The van der Waals surface area contributed by atoms with Crippen molar-refractivity contribution in [2.24, 2.45) is 5.92 Å². The molecule has 3 heteroatoms. The van der Waals surface area contributed by atoms with Crippen molar-refractivity contribution in [2.45, 2.75) is 57.4 Å². The highest BCUT2D eigenvalue weighted by atomic mass is 15.1. The molecule has 0 radical (unpaired) electrons. The summed E-state index contributed by atoms with van der Waals surface area (Å²) in [7, 11) is 0. The summed E-state index contributed by atoms with van der Waals surface area (Å²) in [6, 6.07) is 0.714. The minimum atomic E-state index is 0.691. The lowest BCUT2D eigenvalue weighted by molar-refractivity contribution is 0.264. The Bertz CT molecular complexity index is 371. The predicted molar refractivity (Wildman–Crippen MR) is 73.7 cm³/mol. The molecule has 2 aliphatic rings. The summed E-state index contributed by atoms with van der Waals surface area (Å²) in [5.41, 5.74) is 1.47. The summed E-state index contributed by atoms with van der Waals surface area (Å²) < 4.78 is 2.49. The molecule has 1 aliphatic carbocycles. The van der Waals surface area contributed by atoms with Crippen LogP contribution in [0, 0.1) is 5.92 Å². The maximum atomic E-state index is 4.42. The van der Waals surface area contributed by atoms with Crippen LogP contribution in [0.4, 0.5) is 0 Å². The Balaban J connectivity index is 1.71. The average Bonchev–Trinajstić information content (AvgIpc) is 3.09. The average molecular weight is 247 g/mol. The van der Waals surface area contributed by atoms with Gasteiger partial charge in [-0.3, -0.25) is 0 Å². The Morgan fingerprint density at radius 3 is 2.78 bits per heavy atom. The zero-order valence-corrected chi connectivity index (χ0v) is 11.4. The van der Waals surface area contributed by atoms with Crippen LogP contribution in [0.5, 0.6) is 0 Å². The molecule has 100 valence electrons. The number of rotatable bonds is 3. The van der Waals surface area contributed by atoms with E-state index in [1.807, 2.05) is 0 Å². The molecule has 3 rings (SSSR count). The number of hydrogen-bond acceptors (Lipinski definition) is 2. The second kappa shape index (κ2) is 5.43. The van der Waals surface area contributed by atoms with Crippen LogP contribution in [0.25, 0.3) is 0 Å². The Labute approximate surface area is 110 Å². The van der Waals surface area contributed by atoms with Crippen molar-refractivity contribution in [3.63, 3.8) is 0 Å². The zero-order chi connectivity index (χ0) is 12.4. The summed E-state index contributed by atoms with van der Waals surface area (Å²) in [5.74, 6) is 1.66. The second-order valence-corrected chi connectivity index (χ2v) is 6.00. The van der Waals surface area contributed by atoms with Crippen molar-refractivity contribution in [2.75, 3.05) is 13.1 Å². The van der Waals surface area contributed by atoms with E-state index in [9.17, 15) is 0 Å². The lowest BCUT2D eigenvalue weighted by Crippen LogP contribution is -2.20. The van der Waals surface area contributed by atoms with E-state index in [1.54, 1.807) is 0 Å². The zero-order valence-electron chi connectivity index (χ0n) is 11.4. The molecule has 0 bridgehead atoms. The first-order valence-corrected chi connectivity index (χ1v) is 7.61. The molecule has 1 N–H and O–H groups in total. The fourth-order valence-corrected chi connectivity index (χ4v) is 3.67. The van der Waals surface area contributed by atoms with Crippen LogP contribution >= 0.6 is 0 Å². The van der Waals surface area contributed by atoms with Crippen molar-refractivity contribution in [1.82, 2.24) is 14.9 Å². The monoisotopic (exact) mass is 247 g/mol. The molecule has 1 unspecified atom stereocenters. The van der Waals surface area contributed by atoms with Gasteiger partial charge in [-0.25, -0.2) is 4.98 Å². The molecule has 1 aromatic rings. The van der Waals surface area contributed by atoms with Gasteiger partial charge in [0.05, 0.1) is 6.33 Å². The Morgan fingerprint density at radius 1 is 1.28 bits per heavy atom. The number of nitrogens with one attached hydrogen (secondary N) is 1. The van der Waals surface area contributed by atoms with E-state index in [0.717, 1.165) is 12.5 Å². The van der Waals surface area contributed by atoms with Crippen LogP contribution in [0.2, 0.25) is 0 Å². The molecule has 0 spiro atoms. The molecule has 1 aromatic heterocycles. The third-order valence-electron chi connectivity index (χ3n) is 4.96. The first-order valence-electron chi connectivity index (χ1n) is 7.61. The van der Waals surface area contributed by atoms with Crippen molar-refractivity contribution in [1.29, 1.82) is 0 Å². The molecule has 2 fully saturated rings. The van der Waals surface area contributed by atoms with E-state index in [1.165, 1.54) is 50.8 Å². The topological polar surface area (TPSA) is 29.9 Å². The summed E-state index contributed by atoms with van der Waals surface area (Å²) in [6.45, 7) is 4.63. The van der Waals surface area contributed by atoms with Crippen molar-refractivity contribution in [3.8, 4) is 0 Å². The summed E-state index contributed by atoms with van der Waals surface area (Å²) in [4.78, 5) is 4.42. The summed E-state index contributed by atoms with van der Waals surface area (Å²) >= 11 is 0. The van der Waals surface area contributed by atoms with Gasteiger partial charge in [-0.15, -0.1) is 0 Å². The lowest BCUT2D eigenvalue weighted by Gasteiger charge is -2.30. The van der Waals surface area contributed by atoms with Gasteiger partial charge in [-0.1, -0.05) is 13.3 Å². The van der Waals surface area contributed by atoms with Crippen LogP contribution in [0.15, 0.2) is 12.5 Å². The largest absolute Gasteiger partial charge is 0.331 e. The van der Waals surface area contributed by atoms with Gasteiger partial charge in [-0.2, -0.15) is 0 Å². The van der Waals surface area contributed by atoms with E-state index in [-0.39, 0.29) is 0 Å². The number of imidazole rings is 1. The van der Waals surface area contributed by atoms with Crippen LogP contribution in [0.1, 0.15) is 63.1 Å². The Morgan fingerprint density at radius 2 is 2.11 bits per heavy atom. The van der Waals surface area contributed by atoms with Gasteiger partial charge in [0.25, 0.3) is 0 Å². The van der Waals surface area contributed by atoms with Gasteiger partial charge >= 0.3 is 0 Å². The van der Waals surface area contributed by atoms with Crippen LogP contribution in [-0.4, -0.2) is 22.6 Å². The Kier molecular flexibility index (Phi) is 3.69.